The van der Waals surface area contributed by atoms with Crippen molar-refractivity contribution in [3.8, 4) is 11.4 Å². The summed E-state index contributed by atoms with van der Waals surface area (Å²) < 4.78 is 1.67. The van der Waals surface area contributed by atoms with Crippen LogP contribution in [-0.2, 0) is 7.05 Å². The minimum absolute atomic E-state index is 0.432. The first-order chi connectivity index (χ1) is 8.24. The Labute approximate surface area is 97.1 Å². The highest BCUT2D eigenvalue weighted by atomic mass is 15.3. The first kappa shape index (κ1) is 9.71. The number of anilines is 1. The summed E-state index contributed by atoms with van der Waals surface area (Å²) in [6.45, 7) is 0. The Morgan fingerprint density at radius 2 is 2.18 bits per heavy atom. The van der Waals surface area contributed by atoms with E-state index in [2.05, 4.69) is 20.1 Å². The third kappa shape index (κ3) is 1.59. The minimum Gasteiger partial charge on any atom is -0.383 e. The van der Waals surface area contributed by atoms with E-state index in [1.807, 2.05) is 19.2 Å². The number of pyridine rings is 1. The average molecular weight is 226 g/mol. The van der Waals surface area contributed by atoms with Crippen LogP contribution in [0.4, 0.5) is 5.82 Å². The van der Waals surface area contributed by atoms with Gasteiger partial charge < -0.3 is 5.73 Å². The van der Waals surface area contributed by atoms with Crippen molar-refractivity contribution < 1.29 is 0 Å². The topological polar surface area (TPSA) is 82.5 Å². The van der Waals surface area contributed by atoms with Crippen LogP contribution >= 0.6 is 0 Å². The Morgan fingerprint density at radius 1 is 1.29 bits per heavy atom. The number of hydrogen-bond donors (Lipinski definition) is 1. The maximum absolute atomic E-state index is 5.88. The quantitative estimate of drug-likeness (QED) is 0.669. The molecular formula is C11H10N6. The van der Waals surface area contributed by atoms with E-state index in [4.69, 9.17) is 5.73 Å². The molecule has 3 rings (SSSR count). The van der Waals surface area contributed by atoms with Crippen LogP contribution < -0.4 is 5.73 Å². The second-order valence-corrected chi connectivity index (χ2v) is 3.71. The lowest BCUT2D eigenvalue weighted by molar-refractivity contribution is 0.776. The van der Waals surface area contributed by atoms with E-state index in [1.165, 1.54) is 0 Å². The van der Waals surface area contributed by atoms with E-state index in [0.717, 1.165) is 10.9 Å². The second-order valence-electron chi connectivity index (χ2n) is 3.71. The summed E-state index contributed by atoms with van der Waals surface area (Å²) in [6, 6.07) is 3.72. The van der Waals surface area contributed by atoms with Crippen molar-refractivity contribution in [2.24, 2.45) is 7.05 Å². The summed E-state index contributed by atoms with van der Waals surface area (Å²) in [5.74, 6) is 0.976. The largest absolute Gasteiger partial charge is 0.383 e. The van der Waals surface area contributed by atoms with Crippen LogP contribution in [-0.4, -0.2) is 24.7 Å². The van der Waals surface area contributed by atoms with Crippen molar-refractivity contribution in [1.29, 1.82) is 0 Å². The number of aromatic nitrogens is 5. The predicted octanol–water partition coefficient (Wildman–Crippen LogP) is 1.01. The molecule has 0 aromatic carbocycles. The van der Waals surface area contributed by atoms with Gasteiger partial charge >= 0.3 is 0 Å². The zero-order valence-corrected chi connectivity index (χ0v) is 9.20. The highest BCUT2D eigenvalue weighted by Gasteiger charge is 2.09. The van der Waals surface area contributed by atoms with Gasteiger partial charge in [-0.05, 0) is 12.1 Å². The normalized spacial score (nSPS) is 10.9. The van der Waals surface area contributed by atoms with E-state index in [1.54, 1.807) is 23.3 Å². The van der Waals surface area contributed by atoms with E-state index in [0.29, 0.717) is 17.3 Å². The van der Waals surface area contributed by atoms with Crippen molar-refractivity contribution in [3.63, 3.8) is 0 Å². The van der Waals surface area contributed by atoms with Gasteiger partial charge in [0.15, 0.2) is 11.5 Å². The molecular weight excluding hydrogens is 216 g/mol. The molecule has 0 aliphatic heterocycles. The molecule has 0 radical (unpaired) electrons. The second kappa shape index (κ2) is 3.51. The predicted molar refractivity (Wildman–Crippen MR) is 63.9 cm³/mol. The fourth-order valence-corrected chi connectivity index (χ4v) is 1.66. The summed E-state index contributed by atoms with van der Waals surface area (Å²) in [5, 5.41) is 4.99. The third-order valence-corrected chi connectivity index (χ3v) is 2.44. The first-order valence-electron chi connectivity index (χ1n) is 5.11. The molecule has 2 N–H and O–H groups in total. The molecule has 17 heavy (non-hydrogen) atoms. The molecule has 0 aliphatic carbocycles. The van der Waals surface area contributed by atoms with Gasteiger partial charge in [-0.1, -0.05) is 0 Å². The van der Waals surface area contributed by atoms with E-state index >= 15 is 0 Å². The van der Waals surface area contributed by atoms with Gasteiger partial charge in [-0.3, -0.25) is 9.67 Å². The smallest absolute Gasteiger partial charge is 0.186 e. The summed E-state index contributed by atoms with van der Waals surface area (Å²) in [6.07, 6.45) is 5.20. The molecule has 3 heterocycles. The number of nitrogen functional groups attached to an aromatic ring is 1. The van der Waals surface area contributed by atoms with E-state index < -0.39 is 0 Å². The molecule has 0 saturated carbocycles. The maximum Gasteiger partial charge on any atom is 0.186 e. The molecule has 0 fully saturated rings. The first-order valence-corrected chi connectivity index (χ1v) is 5.11. The molecule has 3 aromatic rings. The molecule has 0 amide bonds. The van der Waals surface area contributed by atoms with Crippen LogP contribution in [0.2, 0.25) is 0 Å². The molecule has 0 spiro atoms. The van der Waals surface area contributed by atoms with Gasteiger partial charge in [0.25, 0.3) is 0 Å². The van der Waals surface area contributed by atoms with Gasteiger partial charge in [0.2, 0.25) is 0 Å². The van der Waals surface area contributed by atoms with Gasteiger partial charge in [-0.15, -0.1) is 0 Å². The fraction of sp³-hybridized carbons (Fsp3) is 0.0909. The molecule has 84 valence electrons. The number of hydrogen-bond acceptors (Lipinski definition) is 5. The number of fused-ring (bicyclic) bond motifs is 1. The van der Waals surface area contributed by atoms with Gasteiger partial charge in [-0.25, -0.2) is 9.97 Å². The van der Waals surface area contributed by atoms with Crippen molar-refractivity contribution in [3.05, 3.63) is 30.7 Å². The van der Waals surface area contributed by atoms with Crippen LogP contribution in [0.15, 0.2) is 30.7 Å². The van der Waals surface area contributed by atoms with Crippen LogP contribution in [0.5, 0.6) is 0 Å². The number of aryl methyl sites for hydroxylation is 1. The zero-order valence-electron chi connectivity index (χ0n) is 9.20. The lowest BCUT2D eigenvalue weighted by Gasteiger charge is -2.00. The molecule has 0 atom stereocenters. The highest BCUT2D eigenvalue weighted by Crippen LogP contribution is 2.21. The van der Waals surface area contributed by atoms with Crippen molar-refractivity contribution in [2.75, 3.05) is 5.73 Å². The van der Waals surface area contributed by atoms with Gasteiger partial charge in [0.1, 0.15) is 5.82 Å². The average Bonchev–Trinajstić information content (AvgIpc) is 2.71. The minimum atomic E-state index is 0.432. The van der Waals surface area contributed by atoms with Gasteiger partial charge in [0.05, 0.1) is 5.39 Å². The van der Waals surface area contributed by atoms with Gasteiger partial charge in [-0.2, -0.15) is 5.10 Å². The lowest BCUT2D eigenvalue weighted by Crippen LogP contribution is -1.97. The summed E-state index contributed by atoms with van der Waals surface area (Å²) in [7, 11) is 1.82. The lowest BCUT2D eigenvalue weighted by atomic mass is 10.2. The molecule has 6 nitrogen and oxygen atoms in total. The van der Waals surface area contributed by atoms with Crippen molar-refractivity contribution in [1.82, 2.24) is 24.7 Å². The van der Waals surface area contributed by atoms with E-state index in [-0.39, 0.29) is 0 Å². The Balaban J connectivity index is 2.25. The number of nitrogens with two attached hydrogens (primary N) is 1. The molecule has 6 heteroatoms. The Morgan fingerprint density at radius 3 is 2.94 bits per heavy atom. The van der Waals surface area contributed by atoms with Crippen LogP contribution in [0.25, 0.3) is 22.4 Å². The zero-order chi connectivity index (χ0) is 11.8. The number of nitrogens with zero attached hydrogens (tertiary/aromatic N) is 5. The summed E-state index contributed by atoms with van der Waals surface area (Å²) >= 11 is 0. The SMILES string of the molecule is Cn1cc2c(N)nc(-c3cccnc3)nc2n1. The van der Waals surface area contributed by atoms with Crippen LogP contribution in [0.1, 0.15) is 0 Å². The summed E-state index contributed by atoms with van der Waals surface area (Å²) in [4.78, 5) is 12.7. The molecule has 0 bridgehead atoms. The highest BCUT2D eigenvalue weighted by molar-refractivity contribution is 5.86. The van der Waals surface area contributed by atoms with E-state index in [9.17, 15) is 0 Å². The molecule has 0 aliphatic rings. The van der Waals surface area contributed by atoms with Crippen LogP contribution in [0.3, 0.4) is 0 Å². The Kier molecular flexibility index (Phi) is 2.01. The number of rotatable bonds is 1. The monoisotopic (exact) mass is 226 g/mol. The molecule has 0 unspecified atom stereocenters. The third-order valence-electron chi connectivity index (χ3n) is 2.44. The molecule has 3 aromatic heterocycles. The standard InChI is InChI=1S/C11H10N6/c1-17-6-8-9(12)14-10(15-11(8)16-17)7-3-2-4-13-5-7/h2-6H,1H3,(H2,12,14,15,16). The van der Waals surface area contributed by atoms with Gasteiger partial charge in [0, 0.05) is 31.2 Å². The van der Waals surface area contributed by atoms with Crippen molar-refractivity contribution >= 4 is 16.9 Å². The Bertz CT molecular complexity index is 673. The molecule has 0 saturated heterocycles. The maximum atomic E-state index is 5.88. The van der Waals surface area contributed by atoms with Crippen molar-refractivity contribution in [2.45, 2.75) is 0 Å². The fourth-order valence-electron chi connectivity index (χ4n) is 1.66. The van der Waals surface area contributed by atoms with Crippen LogP contribution in [0, 0.1) is 0 Å². The summed E-state index contributed by atoms with van der Waals surface area (Å²) in [5.41, 5.74) is 7.30. The Hall–Kier alpha value is -2.50.